The summed E-state index contributed by atoms with van der Waals surface area (Å²) in [7, 11) is 1.40. The van der Waals surface area contributed by atoms with Gasteiger partial charge >= 0.3 is 5.97 Å². The van der Waals surface area contributed by atoms with Gasteiger partial charge in [0.2, 0.25) is 6.41 Å². The molecule has 0 amide bonds. The van der Waals surface area contributed by atoms with Crippen LogP contribution in [0.3, 0.4) is 0 Å². The van der Waals surface area contributed by atoms with Crippen LogP contribution in [0.4, 0.5) is 4.39 Å². The zero-order valence-electron chi connectivity index (χ0n) is 9.90. The van der Waals surface area contributed by atoms with Crippen molar-refractivity contribution >= 4 is 5.97 Å². The fourth-order valence-electron chi connectivity index (χ4n) is 1.19. The van der Waals surface area contributed by atoms with E-state index in [9.17, 15) is 9.18 Å². The highest BCUT2D eigenvalue weighted by molar-refractivity contribution is 5.70. The van der Waals surface area contributed by atoms with E-state index in [4.69, 9.17) is 14.6 Å². The summed E-state index contributed by atoms with van der Waals surface area (Å²) in [5.41, 5.74) is 0. The molecule has 0 aliphatic rings. The molecule has 6 heteroatoms. The second kappa shape index (κ2) is 8.43. The lowest BCUT2D eigenvalue weighted by molar-refractivity contribution is -0.153. The zero-order valence-corrected chi connectivity index (χ0v) is 9.90. The first-order valence-electron chi connectivity index (χ1n) is 5.19. The molecule has 0 aromatic rings. The van der Waals surface area contributed by atoms with Crippen LogP contribution in [0.1, 0.15) is 13.8 Å². The fraction of sp³-hybridized carbons (Fsp3) is 0.900. The molecule has 0 aromatic carbocycles. The Morgan fingerprint density at radius 2 is 2.12 bits per heavy atom. The quantitative estimate of drug-likeness (QED) is 0.582. The Morgan fingerprint density at radius 3 is 2.50 bits per heavy atom. The Balaban J connectivity index is 4.01. The Hall–Kier alpha value is -0.720. The Bertz CT molecular complexity index is 201. The molecule has 0 aliphatic heterocycles. The summed E-state index contributed by atoms with van der Waals surface area (Å²) in [6, 6.07) is 0. The number of rotatable bonds is 9. The second-order valence-electron chi connectivity index (χ2n) is 3.72. The van der Waals surface area contributed by atoms with E-state index in [1.165, 1.54) is 7.11 Å². The molecule has 96 valence electrons. The van der Waals surface area contributed by atoms with Crippen molar-refractivity contribution in [3.63, 3.8) is 0 Å². The van der Waals surface area contributed by atoms with Crippen LogP contribution in [0.15, 0.2) is 0 Å². The molecule has 0 radical (unpaired) electrons. The van der Waals surface area contributed by atoms with Crippen molar-refractivity contribution in [1.82, 2.24) is 5.32 Å². The van der Waals surface area contributed by atoms with Gasteiger partial charge in [0.1, 0.15) is 6.67 Å². The van der Waals surface area contributed by atoms with Gasteiger partial charge in [-0.3, -0.25) is 10.1 Å². The van der Waals surface area contributed by atoms with E-state index in [2.05, 4.69) is 5.32 Å². The van der Waals surface area contributed by atoms with Crippen LogP contribution in [-0.2, 0) is 14.3 Å². The van der Waals surface area contributed by atoms with Crippen LogP contribution < -0.4 is 5.32 Å². The Kier molecular flexibility index (Phi) is 8.05. The maximum Gasteiger partial charge on any atom is 0.308 e. The molecular weight excluding hydrogens is 217 g/mol. The van der Waals surface area contributed by atoms with E-state index in [-0.39, 0.29) is 19.1 Å². The number of hydrogen-bond acceptors (Lipinski definition) is 4. The highest BCUT2D eigenvalue weighted by Gasteiger charge is 2.22. The molecule has 0 aliphatic carbocycles. The van der Waals surface area contributed by atoms with Crippen LogP contribution in [0.25, 0.3) is 0 Å². The molecule has 2 N–H and O–H groups in total. The van der Waals surface area contributed by atoms with Crippen LogP contribution in [0, 0.1) is 11.8 Å². The smallest absolute Gasteiger partial charge is 0.308 e. The van der Waals surface area contributed by atoms with E-state index < -0.39 is 25.0 Å². The van der Waals surface area contributed by atoms with Crippen molar-refractivity contribution in [1.29, 1.82) is 0 Å². The van der Waals surface area contributed by atoms with Gasteiger partial charge in [0.05, 0.1) is 12.5 Å². The summed E-state index contributed by atoms with van der Waals surface area (Å²) in [6.07, 6.45) is -0.767. The van der Waals surface area contributed by atoms with Gasteiger partial charge in [-0.25, -0.2) is 4.39 Å². The summed E-state index contributed by atoms with van der Waals surface area (Å²) < 4.78 is 21.7. The summed E-state index contributed by atoms with van der Waals surface area (Å²) >= 11 is 0. The number of methoxy groups -OCH3 is 1. The molecule has 2 atom stereocenters. The van der Waals surface area contributed by atoms with E-state index in [1.54, 1.807) is 0 Å². The number of alkyl halides is 1. The van der Waals surface area contributed by atoms with E-state index in [1.807, 2.05) is 13.8 Å². The second-order valence-corrected chi connectivity index (χ2v) is 3.72. The lowest BCUT2D eigenvalue weighted by Crippen LogP contribution is -2.40. The number of carboxylic acid groups (broad SMARTS) is 1. The molecule has 1 unspecified atom stereocenters. The predicted molar refractivity (Wildman–Crippen MR) is 56.7 cm³/mol. The van der Waals surface area contributed by atoms with Crippen LogP contribution in [0.2, 0.25) is 0 Å². The van der Waals surface area contributed by atoms with Crippen molar-refractivity contribution in [2.45, 2.75) is 20.3 Å². The van der Waals surface area contributed by atoms with E-state index >= 15 is 0 Å². The predicted octanol–water partition coefficient (Wildman–Crippen LogP) is 0.849. The summed E-state index contributed by atoms with van der Waals surface area (Å²) in [5, 5.41) is 11.7. The molecule has 0 heterocycles. The minimum absolute atomic E-state index is 0.00341. The molecule has 0 saturated heterocycles. The summed E-state index contributed by atoms with van der Waals surface area (Å²) in [5.74, 6) is -1.39. The monoisotopic (exact) mass is 237 g/mol. The Labute approximate surface area is 94.9 Å². The number of nitrogens with one attached hydrogen (secondary N) is 1. The van der Waals surface area contributed by atoms with Gasteiger partial charge in [-0.05, 0) is 5.92 Å². The standard InChI is InChI=1S/C10H20FNO4/c1-7(2)8(9(13)14)6-12-10(15-3)16-5-4-11/h7-8,10,12H,4-6H2,1-3H3,(H,13,14)/t8-,10?/m0/s1. The molecule has 5 nitrogen and oxygen atoms in total. The maximum atomic E-state index is 11.8. The van der Waals surface area contributed by atoms with Gasteiger partial charge in [-0.1, -0.05) is 13.8 Å². The van der Waals surface area contributed by atoms with Crippen LogP contribution >= 0.6 is 0 Å². The highest BCUT2D eigenvalue weighted by Crippen LogP contribution is 2.10. The average Bonchev–Trinajstić information content (AvgIpc) is 2.22. The van der Waals surface area contributed by atoms with Crippen molar-refractivity contribution in [2.24, 2.45) is 11.8 Å². The summed E-state index contributed by atoms with van der Waals surface area (Å²) in [4.78, 5) is 10.9. The fourth-order valence-corrected chi connectivity index (χ4v) is 1.19. The van der Waals surface area contributed by atoms with Crippen LogP contribution in [0.5, 0.6) is 0 Å². The van der Waals surface area contributed by atoms with Crippen molar-refractivity contribution in [3.05, 3.63) is 0 Å². The number of aliphatic carboxylic acids is 1. The minimum atomic E-state index is -0.872. The number of carbonyl (C=O) groups is 1. The largest absolute Gasteiger partial charge is 0.481 e. The average molecular weight is 237 g/mol. The zero-order chi connectivity index (χ0) is 12.6. The molecule has 16 heavy (non-hydrogen) atoms. The number of ether oxygens (including phenoxy) is 2. The van der Waals surface area contributed by atoms with E-state index in [0.29, 0.717) is 0 Å². The SMILES string of the molecule is COC(NC[C@H](C(=O)O)C(C)C)OCCF. The van der Waals surface area contributed by atoms with Gasteiger partial charge in [-0.15, -0.1) is 0 Å². The third kappa shape index (κ3) is 5.99. The molecule has 0 bridgehead atoms. The molecule has 0 fully saturated rings. The van der Waals surface area contributed by atoms with Gasteiger partial charge in [-0.2, -0.15) is 0 Å². The highest BCUT2D eigenvalue weighted by atomic mass is 19.1. The van der Waals surface area contributed by atoms with Crippen LogP contribution in [-0.4, -0.2) is 44.4 Å². The van der Waals surface area contributed by atoms with Crippen molar-refractivity contribution in [2.75, 3.05) is 26.9 Å². The first-order valence-corrected chi connectivity index (χ1v) is 5.19. The summed E-state index contributed by atoms with van der Waals surface area (Å²) in [6.45, 7) is 3.19. The minimum Gasteiger partial charge on any atom is -0.481 e. The van der Waals surface area contributed by atoms with Gasteiger partial charge < -0.3 is 14.6 Å². The molecule has 0 rings (SSSR count). The topological polar surface area (TPSA) is 67.8 Å². The van der Waals surface area contributed by atoms with Gasteiger partial charge in [0.15, 0.2) is 0 Å². The molecule has 0 aromatic heterocycles. The molecule has 0 saturated carbocycles. The molecular formula is C10H20FNO4. The van der Waals surface area contributed by atoms with Gasteiger partial charge in [0.25, 0.3) is 0 Å². The number of halogens is 1. The molecule has 0 spiro atoms. The Morgan fingerprint density at radius 1 is 1.50 bits per heavy atom. The lowest BCUT2D eigenvalue weighted by atomic mass is 9.96. The first-order chi connectivity index (χ1) is 7.52. The van der Waals surface area contributed by atoms with E-state index in [0.717, 1.165) is 0 Å². The third-order valence-corrected chi connectivity index (χ3v) is 2.19. The number of carboxylic acids is 1. The third-order valence-electron chi connectivity index (χ3n) is 2.19. The van der Waals surface area contributed by atoms with Crippen molar-refractivity contribution < 1.29 is 23.8 Å². The van der Waals surface area contributed by atoms with Crippen molar-refractivity contribution in [3.8, 4) is 0 Å². The normalized spacial score (nSPS) is 15.1. The maximum absolute atomic E-state index is 11.8. The van der Waals surface area contributed by atoms with Gasteiger partial charge in [0, 0.05) is 13.7 Å². The first kappa shape index (κ1) is 15.3. The number of hydrogen-bond donors (Lipinski definition) is 2. The lowest BCUT2D eigenvalue weighted by Gasteiger charge is -2.21.